The molecule has 1 amide bonds. The van der Waals surface area contributed by atoms with E-state index >= 15 is 0 Å². The molecule has 0 aliphatic heterocycles. The van der Waals surface area contributed by atoms with Gasteiger partial charge >= 0.3 is 0 Å². The minimum atomic E-state index is -0.177. The molecule has 7 heteroatoms. The topological polar surface area (TPSA) is 80.1 Å². The number of carbonyl (C=O) groups is 1. The number of benzene rings is 1. The van der Waals surface area contributed by atoms with E-state index in [-0.39, 0.29) is 17.9 Å². The molecule has 0 aliphatic carbocycles. The highest BCUT2D eigenvalue weighted by Gasteiger charge is 2.08. The molecule has 140 valence electrons. The number of para-hydroxylation sites is 1. The van der Waals surface area contributed by atoms with Gasteiger partial charge in [-0.3, -0.25) is 14.3 Å². The maximum atomic E-state index is 12.3. The summed E-state index contributed by atoms with van der Waals surface area (Å²) in [5, 5.41) is 7.50. The third kappa shape index (κ3) is 4.31. The molecule has 1 aromatic carbocycles. The maximum Gasteiger partial charge on any atom is 0.242 e. The normalized spacial score (nSPS) is 10.7. The summed E-state index contributed by atoms with van der Waals surface area (Å²) in [6.07, 6.45) is 3.02. The zero-order valence-electron chi connectivity index (χ0n) is 15.6. The van der Waals surface area contributed by atoms with Gasteiger partial charge in [0.2, 0.25) is 11.3 Å². The molecular weight excluding hydrogens is 342 g/mol. The largest absolute Gasteiger partial charge is 0.357 e. The second-order valence-electron chi connectivity index (χ2n) is 6.16. The lowest BCUT2D eigenvalue weighted by atomic mass is 10.2. The molecule has 0 spiro atoms. The molecule has 0 saturated carbocycles. The summed E-state index contributed by atoms with van der Waals surface area (Å²) in [6.45, 7) is 6.43. The zero-order chi connectivity index (χ0) is 19.2. The van der Waals surface area contributed by atoms with Crippen molar-refractivity contribution in [2.75, 3.05) is 18.0 Å². The summed E-state index contributed by atoms with van der Waals surface area (Å²) in [5.74, 6) is 0.753. The van der Waals surface area contributed by atoms with Crippen LogP contribution in [0.25, 0.3) is 10.9 Å². The lowest BCUT2D eigenvalue weighted by molar-refractivity contribution is -0.121. The minimum absolute atomic E-state index is 0.0474. The number of aromatic nitrogens is 3. The number of rotatable bonds is 7. The fourth-order valence-corrected chi connectivity index (χ4v) is 2.94. The molecule has 3 rings (SSSR count). The highest BCUT2D eigenvalue weighted by Crippen LogP contribution is 2.11. The number of hydrogen-bond acceptors (Lipinski definition) is 5. The van der Waals surface area contributed by atoms with E-state index in [9.17, 15) is 9.59 Å². The van der Waals surface area contributed by atoms with Gasteiger partial charge in [0.25, 0.3) is 0 Å². The van der Waals surface area contributed by atoms with Gasteiger partial charge in [-0.1, -0.05) is 18.2 Å². The molecule has 0 radical (unpaired) electrons. The molecule has 0 saturated heterocycles. The van der Waals surface area contributed by atoms with E-state index in [1.165, 1.54) is 10.9 Å². The third-order valence-electron chi connectivity index (χ3n) is 4.44. The van der Waals surface area contributed by atoms with Gasteiger partial charge in [-0.25, -0.2) is 4.98 Å². The van der Waals surface area contributed by atoms with Crippen molar-refractivity contribution >= 4 is 22.6 Å². The van der Waals surface area contributed by atoms with Crippen molar-refractivity contribution < 1.29 is 4.79 Å². The molecule has 7 nitrogen and oxygen atoms in total. The summed E-state index contributed by atoms with van der Waals surface area (Å²) < 4.78 is 1.54. The van der Waals surface area contributed by atoms with Crippen LogP contribution in [0.2, 0.25) is 0 Å². The molecule has 0 aliphatic rings. The molecule has 0 fully saturated rings. The fourth-order valence-electron chi connectivity index (χ4n) is 2.94. The van der Waals surface area contributed by atoms with Crippen molar-refractivity contribution in [2.45, 2.75) is 26.9 Å². The number of nitrogens with one attached hydrogen (secondary N) is 1. The van der Waals surface area contributed by atoms with Gasteiger partial charge in [0, 0.05) is 31.2 Å². The first-order chi connectivity index (χ1) is 13.1. The standard InChI is InChI=1S/C20H23N5O2/c1-3-24(4-2)19-10-9-15(11-21-19)12-22-20(27)14-25-17-8-6-5-7-16(17)18(26)13-23-25/h5-11,13H,3-4,12,14H2,1-2H3,(H,22,27). The molecule has 2 aromatic heterocycles. The van der Waals surface area contributed by atoms with E-state index in [1.807, 2.05) is 18.2 Å². The van der Waals surface area contributed by atoms with Crippen molar-refractivity contribution in [2.24, 2.45) is 0 Å². The predicted octanol–water partition coefficient (Wildman–Crippen LogP) is 1.95. The first kappa shape index (κ1) is 18.6. The van der Waals surface area contributed by atoms with Crippen LogP contribution in [-0.4, -0.2) is 33.8 Å². The molecule has 3 aromatic rings. The Morgan fingerprint density at radius 2 is 1.89 bits per heavy atom. The Labute approximate surface area is 157 Å². The summed E-state index contributed by atoms with van der Waals surface area (Å²) >= 11 is 0. The number of nitrogens with zero attached hydrogens (tertiary/aromatic N) is 4. The van der Waals surface area contributed by atoms with Gasteiger partial charge in [-0.15, -0.1) is 0 Å². The van der Waals surface area contributed by atoms with Gasteiger partial charge in [-0.2, -0.15) is 5.10 Å². The van der Waals surface area contributed by atoms with Crippen LogP contribution in [0.15, 0.2) is 53.6 Å². The Bertz CT molecular complexity index is 978. The van der Waals surface area contributed by atoms with E-state index in [0.717, 1.165) is 24.5 Å². The Morgan fingerprint density at radius 1 is 1.11 bits per heavy atom. The number of carbonyl (C=O) groups excluding carboxylic acids is 1. The number of amides is 1. The SMILES string of the molecule is CCN(CC)c1ccc(CNC(=O)Cn2ncc(=O)c3ccccc32)cn1. The molecule has 0 unspecified atom stereocenters. The fraction of sp³-hybridized carbons (Fsp3) is 0.300. The molecular formula is C20H23N5O2. The maximum absolute atomic E-state index is 12.3. The Morgan fingerprint density at radius 3 is 2.59 bits per heavy atom. The summed E-state index contributed by atoms with van der Waals surface area (Å²) in [4.78, 5) is 30.8. The van der Waals surface area contributed by atoms with Crippen LogP contribution in [0.5, 0.6) is 0 Å². The van der Waals surface area contributed by atoms with Gasteiger partial charge in [0.15, 0.2) is 0 Å². The van der Waals surface area contributed by atoms with E-state index in [4.69, 9.17) is 0 Å². The van der Waals surface area contributed by atoms with Crippen molar-refractivity contribution in [3.05, 3.63) is 64.6 Å². The third-order valence-corrected chi connectivity index (χ3v) is 4.44. The Balaban J connectivity index is 1.64. The monoisotopic (exact) mass is 365 g/mol. The van der Waals surface area contributed by atoms with Crippen molar-refractivity contribution in [1.82, 2.24) is 20.1 Å². The van der Waals surface area contributed by atoms with Gasteiger partial charge in [0.05, 0.1) is 11.7 Å². The lowest BCUT2D eigenvalue weighted by Crippen LogP contribution is -2.29. The van der Waals surface area contributed by atoms with E-state index in [2.05, 4.69) is 34.1 Å². The van der Waals surface area contributed by atoms with Crippen LogP contribution in [-0.2, 0) is 17.9 Å². The molecule has 0 atom stereocenters. The van der Waals surface area contributed by atoms with Crippen LogP contribution >= 0.6 is 0 Å². The summed E-state index contributed by atoms with van der Waals surface area (Å²) in [6, 6.07) is 11.1. The van der Waals surface area contributed by atoms with E-state index in [1.54, 1.807) is 24.4 Å². The number of anilines is 1. The first-order valence-electron chi connectivity index (χ1n) is 9.03. The number of hydrogen-bond donors (Lipinski definition) is 1. The van der Waals surface area contributed by atoms with Gasteiger partial charge in [-0.05, 0) is 37.6 Å². The zero-order valence-corrected chi connectivity index (χ0v) is 15.6. The minimum Gasteiger partial charge on any atom is -0.357 e. The Kier molecular flexibility index (Phi) is 5.80. The Hall–Kier alpha value is -3.22. The van der Waals surface area contributed by atoms with Crippen molar-refractivity contribution in [1.29, 1.82) is 0 Å². The second-order valence-corrected chi connectivity index (χ2v) is 6.16. The quantitative estimate of drug-likeness (QED) is 0.692. The van der Waals surface area contributed by atoms with Crippen LogP contribution in [0, 0.1) is 0 Å². The molecule has 1 N–H and O–H groups in total. The van der Waals surface area contributed by atoms with E-state index < -0.39 is 0 Å². The smallest absolute Gasteiger partial charge is 0.242 e. The molecule has 27 heavy (non-hydrogen) atoms. The number of pyridine rings is 1. The average Bonchev–Trinajstić information content (AvgIpc) is 2.71. The molecule has 2 heterocycles. The van der Waals surface area contributed by atoms with Crippen LogP contribution in [0.4, 0.5) is 5.82 Å². The highest BCUT2D eigenvalue weighted by molar-refractivity contribution is 5.81. The highest BCUT2D eigenvalue weighted by atomic mass is 16.2. The second kappa shape index (κ2) is 8.44. The van der Waals surface area contributed by atoms with Gasteiger partial charge in [0.1, 0.15) is 12.4 Å². The van der Waals surface area contributed by atoms with Crippen molar-refractivity contribution in [3.63, 3.8) is 0 Å². The summed E-state index contributed by atoms with van der Waals surface area (Å²) in [5.41, 5.74) is 1.42. The molecule has 0 bridgehead atoms. The van der Waals surface area contributed by atoms with Crippen molar-refractivity contribution in [3.8, 4) is 0 Å². The van der Waals surface area contributed by atoms with Crippen LogP contribution < -0.4 is 15.6 Å². The lowest BCUT2D eigenvalue weighted by Gasteiger charge is -2.19. The van der Waals surface area contributed by atoms with Crippen LogP contribution in [0.1, 0.15) is 19.4 Å². The van der Waals surface area contributed by atoms with Gasteiger partial charge < -0.3 is 10.2 Å². The average molecular weight is 365 g/mol. The number of fused-ring (bicyclic) bond motifs is 1. The predicted molar refractivity (Wildman–Crippen MR) is 106 cm³/mol. The van der Waals surface area contributed by atoms with Crippen LogP contribution in [0.3, 0.4) is 0 Å². The van der Waals surface area contributed by atoms with E-state index in [0.29, 0.717) is 17.4 Å². The first-order valence-corrected chi connectivity index (χ1v) is 9.03. The summed E-state index contributed by atoms with van der Waals surface area (Å²) in [7, 11) is 0.